The molecule has 0 atom stereocenters. The fourth-order valence-corrected chi connectivity index (χ4v) is 1.94. The summed E-state index contributed by atoms with van der Waals surface area (Å²) in [6.45, 7) is 1.17. The average molecular weight is 273 g/mol. The Morgan fingerprint density at radius 3 is 2.85 bits per heavy atom. The number of aromatic nitrogens is 3. The van der Waals surface area contributed by atoms with Gasteiger partial charge in [-0.2, -0.15) is 5.10 Å². The van der Waals surface area contributed by atoms with Crippen molar-refractivity contribution in [2.45, 2.75) is 13.0 Å². The van der Waals surface area contributed by atoms with E-state index in [1.165, 1.54) is 0 Å². The molecule has 1 amide bonds. The molecular formula is C14H19N5O. The Balaban J connectivity index is 2.01. The first-order valence-corrected chi connectivity index (χ1v) is 6.56. The van der Waals surface area contributed by atoms with Crippen LogP contribution in [0, 0.1) is 0 Å². The van der Waals surface area contributed by atoms with Gasteiger partial charge in [0.2, 0.25) is 0 Å². The molecule has 0 unspecified atom stereocenters. The SMILES string of the molecule is CNCCc1ccccc1C(=O)NCc1ncn(C)n1. The molecule has 0 radical (unpaired) electrons. The molecule has 0 fully saturated rings. The van der Waals surface area contributed by atoms with E-state index in [-0.39, 0.29) is 5.91 Å². The largest absolute Gasteiger partial charge is 0.345 e. The average Bonchev–Trinajstić information content (AvgIpc) is 2.88. The van der Waals surface area contributed by atoms with Crippen molar-refractivity contribution >= 4 is 5.91 Å². The number of amides is 1. The van der Waals surface area contributed by atoms with Crippen molar-refractivity contribution in [3.8, 4) is 0 Å². The number of likely N-dealkylation sites (N-methyl/N-ethyl adjacent to an activating group) is 1. The van der Waals surface area contributed by atoms with Crippen LogP contribution in [0.4, 0.5) is 0 Å². The summed E-state index contributed by atoms with van der Waals surface area (Å²) in [6, 6.07) is 7.64. The molecule has 1 aromatic carbocycles. The Bertz CT molecular complexity index is 578. The van der Waals surface area contributed by atoms with Gasteiger partial charge in [-0.3, -0.25) is 9.48 Å². The molecule has 2 rings (SSSR count). The van der Waals surface area contributed by atoms with Gasteiger partial charge in [-0.1, -0.05) is 18.2 Å². The monoisotopic (exact) mass is 273 g/mol. The van der Waals surface area contributed by atoms with Gasteiger partial charge in [-0.15, -0.1) is 0 Å². The lowest BCUT2D eigenvalue weighted by Crippen LogP contribution is -2.25. The van der Waals surface area contributed by atoms with Crippen molar-refractivity contribution in [3.05, 3.63) is 47.5 Å². The van der Waals surface area contributed by atoms with E-state index < -0.39 is 0 Å². The summed E-state index contributed by atoms with van der Waals surface area (Å²) in [5.74, 6) is 0.512. The molecule has 1 heterocycles. The van der Waals surface area contributed by atoms with Crippen LogP contribution in [-0.4, -0.2) is 34.3 Å². The summed E-state index contributed by atoms with van der Waals surface area (Å²) in [5.41, 5.74) is 1.74. The van der Waals surface area contributed by atoms with E-state index >= 15 is 0 Å². The number of nitrogens with one attached hydrogen (secondary N) is 2. The lowest BCUT2D eigenvalue weighted by Gasteiger charge is -2.09. The number of benzene rings is 1. The Kier molecular flexibility index (Phi) is 4.84. The first kappa shape index (κ1) is 14.2. The zero-order chi connectivity index (χ0) is 14.4. The molecule has 0 aliphatic carbocycles. The van der Waals surface area contributed by atoms with Crippen LogP contribution in [0.25, 0.3) is 0 Å². The maximum Gasteiger partial charge on any atom is 0.251 e. The molecule has 0 bridgehead atoms. The fraction of sp³-hybridized carbons (Fsp3) is 0.357. The second-order valence-electron chi connectivity index (χ2n) is 4.53. The molecule has 20 heavy (non-hydrogen) atoms. The van der Waals surface area contributed by atoms with Gasteiger partial charge in [0.05, 0.1) is 6.54 Å². The van der Waals surface area contributed by atoms with Crippen LogP contribution in [0.15, 0.2) is 30.6 Å². The summed E-state index contributed by atoms with van der Waals surface area (Å²) in [6.07, 6.45) is 2.43. The van der Waals surface area contributed by atoms with Crippen molar-refractivity contribution in [2.75, 3.05) is 13.6 Å². The van der Waals surface area contributed by atoms with E-state index in [4.69, 9.17) is 0 Å². The molecule has 1 aromatic heterocycles. The minimum Gasteiger partial charge on any atom is -0.345 e. The second-order valence-corrected chi connectivity index (χ2v) is 4.53. The molecule has 0 aliphatic heterocycles. The van der Waals surface area contributed by atoms with E-state index in [9.17, 15) is 4.79 Å². The molecule has 6 heteroatoms. The number of hydrogen-bond acceptors (Lipinski definition) is 4. The first-order chi connectivity index (χ1) is 9.70. The Hall–Kier alpha value is -2.21. The van der Waals surface area contributed by atoms with Gasteiger partial charge in [-0.25, -0.2) is 4.98 Å². The van der Waals surface area contributed by atoms with E-state index in [0.29, 0.717) is 17.9 Å². The fourth-order valence-electron chi connectivity index (χ4n) is 1.94. The number of rotatable bonds is 6. The van der Waals surface area contributed by atoms with Gasteiger partial charge in [0.25, 0.3) is 5.91 Å². The normalized spacial score (nSPS) is 10.5. The summed E-state index contributed by atoms with van der Waals surface area (Å²) < 4.78 is 1.61. The Morgan fingerprint density at radius 1 is 1.35 bits per heavy atom. The molecule has 2 N–H and O–H groups in total. The van der Waals surface area contributed by atoms with Gasteiger partial charge in [-0.05, 0) is 31.6 Å². The van der Waals surface area contributed by atoms with Gasteiger partial charge in [0.1, 0.15) is 6.33 Å². The Morgan fingerprint density at radius 2 is 2.15 bits per heavy atom. The minimum absolute atomic E-state index is 0.0934. The molecule has 106 valence electrons. The van der Waals surface area contributed by atoms with Crippen LogP contribution in [0.2, 0.25) is 0 Å². The quantitative estimate of drug-likeness (QED) is 0.804. The molecule has 0 saturated carbocycles. The molecule has 0 saturated heterocycles. The summed E-state index contributed by atoms with van der Waals surface area (Å²) in [5, 5.41) is 10.1. The topological polar surface area (TPSA) is 71.8 Å². The molecule has 2 aromatic rings. The summed E-state index contributed by atoms with van der Waals surface area (Å²) >= 11 is 0. The van der Waals surface area contributed by atoms with Crippen LogP contribution < -0.4 is 10.6 Å². The van der Waals surface area contributed by atoms with E-state index in [2.05, 4.69) is 20.7 Å². The molecule has 0 spiro atoms. The van der Waals surface area contributed by atoms with E-state index in [1.807, 2.05) is 31.3 Å². The zero-order valence-corrected chi connectivity index (χ0v) is 11.8. The van der Waals surface area contributed by atoms with Gasteiger partial charge >= 0.3 is 0 Å². The van der Waals surface area contributed by atoms with Crippen LogP contribution >= 0.6 is 0 Å². The van der Waals surface area contributed by atoms with Crippen molar-refractivity contribution in [3.63, 3.8) is 0 Å². The van der Waals surface area contributed by atoms with Gasteiger partial charge in [0, 0.05) is 12.6 Å². The van der Waals surface area contributed by atoms with E-state index in [1.54, 1.807) is 18.1 Å². The number of carbonyl (C=O) groups excluding carboxylic acids is 1. The highest BCUT2D eigenvalue weighted by Crippen LogP contribution is 2.09. The van der Waals surface area contributed by atoms with Gasteiger partial charge in [0.15, 0.2) is 5.82 Å². The number of nitrogens with zero attached hydrogens (tertiary/aromatic N) is 3. The van der Waals surface area contributed by atoms with Gasteiger partial charge < -0.3 is 10.6 Å². The maximum absolute atomic E-state index is 12.2. The third kappa shape index (κ3) is 3.64. The zero-order valence-electron chi connectivity index (χ0n) is 11.8. The lowest BCUT2D eigenvalue weighted by molar-refractivity contribution is 0.0949. The third-order valence-electron chi connectivity index (χ3n) is 2.96. The predicted octanol–water partition coefficient (Wildman–Crippen LogP) is 0.507. The highest BCUT2D eigenvalue weighted by molar-refractivity contribution is 5.95. The Labute approximate surface area is 118 Å². The maximum atomic E-state index is 12.2. The molecule has 6 nitrogen and oxygen atoms in total. The highest BCUT2D eigenvalue weighted by Gasteiger charge is 2.11. The van der Waals surface area contributed by atoms with Crippen LogP contribution in [-0.2, 0) is 20.0 Å². The van der Waals surface area contributed by atoms with Crippen molar-refractivity contribution in [2.24, 2.45) is 7.05 Å². The second kappa shape index (κ2) is 6.81. The van der Waals surface area contributed by atoms with Crippen LogP contribution in [0.3, 0.4) is 0 Å². The van der Waals surface area contributed by atoms with Crippen molar-refractivity contribution in [1.29, 1.82) is 0 Å². The van der Waals surface area contributed by atoms with Crippen molar-refractivity contribution < 1.29 is 4.79 Å². The number of aryl methyl sites for hydroxylation is 1. The number of carbonyl (C=O) groups is 1. The van der Waals surface area contributed by atoms with Crippen LogP contribution in [0.5, 0.6) is 0 Å². The van der Waals surface area contributed by atoms with E-state index in [0.717, 1.165) is 18.5 Å². The first-order valence-electron chi connectivity index (χ1n) is 6.56. The number of hydrogen-bond donors (Lipinski definition) is 2. The smallest absolute Gasteiger partial charge is 0.251 e. The highest BCUT2D eigenvalue weighted by atomic mass is 16.1. The lowest BCUT2D eigenvalue weighted by atomic mass is 10.0. The van der Waals surface area contributed by atoms with Crippen molar-refractivity contribution in [1.82, 2.24) is 25.4 Å². The molecule has 0 aliphatic rings. The summed E-state index contributed by atoms with van der Waals surface area (Å²) in [4.78, 5) is 16.3. The predicted molar refractivity (Wildman–Crippen MR) is 76.2 cm³/mol. The summed E-state index contributed by atoms with van der Waals surface area (Å²) in [7, 11) is 3.70. The standard InChI is InChI=1S/C14H19N5O/c1-15-8-7-11-5-3-4-6-12(11)14(20)16-9-13-17-10-19(2)18-13/h3-6,10,15H,7-9H2,1-2H3,(H,16,20). The van der Waals surface area contributed by atoms with Crippen LogP contribution in [0.1, 0.15) is 21.7 Å². The minimum atomic E-state index is -0.0934. The third-order valence-corrected chi connectivity index (χ3v) is 2.96. The molecular weight excluding hydrogens is 254 g/mol.